The molecule has 0 bridgehead atoms. The maximum Gasteiger partial charge on any atom is 0.293 e. The molecule has 0 fully saturated rings. The second-order valence-electron chi connectivity index (χ2n) is 14.2. The number of hydrogen-bond acceptors (Lipinski definition) is 8. The van der Waals surface area contributed by atoms with E-state index >= 15 is 0 Å². The van der Waals surface area contributed by atoms with Gasteiger partial charge in [-0.15, -0.1) is 11.8 Å². The number of benzene rings is 3. The number of ether oxygens (including phenoxy) is 1. The number of nitrogens with two attached hydrogens (primary N) is 3. The van der Waals surface area contributed by atoms with Crippen molar-refractivity contribution in [3.8, 4) is 0 Å². The Morgan fingerprint density at radius 2 is 1.04 bits per heavy atom. The highest BCUT2D eigenvalue weighted by Crippen LogP contribution is 2.48. The molecule has 0 unspecified atom stereocenters. The van der Waals surface area contributed by atoms with Crippen LogP contribution in [0.3, 0.4) is 0 Å². The lowest BCUT2D eigenvalue weighted by atomic mass is 9.84. The number of rotatable bonds is 28. The van der Waals surface area contributed by atoms with E-state index in [0.717, 1.165) is 70.2 Å². The molecule has 0 saturated carbocycles. The lowest BCUT2D eigenvalue weighted by Gasteiger charge is -2.35. The van der Waals surface area contributed by atoms with E-state index in [9.17, 15) is 9.59 Å². The van der Waals surface area contributed by atoms with Gasteiger partial charge < -0.3 is 26.8 Å². The molecular weight excluding hydrogens is 713 g/mol. The van der Waals surface area contributed by atoms with Crippen molar-refractivity contribution in [1.29, 1.82) is 0 Å². The molecule has 7 nitrogen and oxygen atoms in total. The van der Waals surface area contributed by atoms with E-state index in [1.807, 2.05) is 11.8 Å². The topological polar surface area (TPSA) is 125 Å². The number of ketones is 1. The third-order valence-corrected chi connectivity index (χ3v) is 10.9. The molecule has 0 aliphatic heterocycles. The average molecular weight is 793 g/mol. The Morgan fingerprint density at radius 3 is 1.48 bits per heavy atom. The molecule has 6 N–H and O–H groups in total. The summed E-state index contributed by atoms with van der Waals surface area (Å²) in [6.07, 6.45) is 18.6. The van der Waals surface area contributed by atoms with E-state index < -0.39 is 0 Å². The van der Waals surface area contributed by atoms with Crippen LogP contribution in [0, 0.1) is 0 Å². The van der Waals surface area contributed by atoms with Crippen LogP contribution in [0.1, 0.15) is 140 Å². The van der Waals surface area contributed by atoms with E-state index in [0.29, 0.717) is 32.0 Å². The van der Waals surface area contributed by atoms with Gasteiger partial charge in [-0.25, -0.2) is 0 Å². The second kappa shape index (κ2) is 38.8. The van der Waals surface area contributed by atoms with Crippen molar-refractivity contribution in [2.24, 2.45) is 17.2 Å². The van der Waals surface area contributed by atoms with E-state index in [1.165, 1.54) is 74.6 Å². The zero-order valence-electron chi connectivity index (χ0n) is 35.8. The molecule has 0 aliphatic carbocycles. The Balaban J connectivity index is 0.000000896. The predicted octanol–water partition coefficient (Wildman–Crippen LogP) is 10.5. The number of hydrogen-bond donors (Lipinski definition) is 3. The van der Waals surface area contributed by atoms with Crippen LogP contribution in [0.4, 0.5) is 0 Å². The van der Waals surface area contributed by atoms with Crippen LogP contribution < -0.4 is 17.2 Å². The molecule has 3 rings (SSSR count). The Kier molecular flexibility index (Phi) is 36.8. The van der Waals surface area contributed by atoms with Crippen LogP contribution in [-0.4, -0.2) is 69.3 Å². The molecule has 0 atom stereocenters. The van der Waals surface area contributed by atoms with Crippen LogP contribution in [-0.2, 0) is 19.1 Å². The lowest BCUT2D eigenvalue weighted by molar-refractivity contribution is -0.128. The molecule has 0 spiro atoms. The zero-order chi connectivity index (χ0) is 41.4. The van der Waals surface area contributed by atoms with Gasteiger partial charge in [-0.1, -0.05) is 163 Å². The van der Waals surface area contributed by atoms with Crippen LogP contribution in [0.2, 0.25) is 0 Å². The summed E-state index contributed by atoms with van der Waals surface area (Å²) < 4.78 is 4.55. The van der Waals surface area contributed by atoms with Gasteiger partial charge in [0, 0.05) is 39.0 Å². The maximum absolute atomic E-state index is 11.2. The van der Waals surface area contributed by atoms with Crippen molar-refractivity contribution in [3.05, 3.63) is 108 Å². The number of unbranched alkanes of at least 4 members (excludes halogenated alkanes) is 10. The number of thioether (sulfide) groups is 1. The highest BCUT2D eigenvalue weighted by Gasteiger charge is 2.36. The molecule has 3 aromatic carbocycles. The highest BCUT2D eigenvalue weighted by molar-refractivity contribution is 8.00. The second-order valence-corrected chi connectivity index (χ2v) is 15.5. The fourth-order valence-electron chi connectivity index (χ4n) is 6.07. The van der Waals surface area contributed by atoms with Crippen molar-refractivity contribution in [3.63, 3.8) is 0 Å². The van der Waals surface area contributed by atoms with Gasteiger partial charge >= 0.3 is 0 Å². The van der Waals surface area contributed by atoms with Crippen LogP contribution >= 0.6 is 11.8 Å². The number of likely N-dealkylation sites (N-methyl/N-ethyl adjacent to an activating group) is 1. The lowest BCUT2D eigenvalue weighted by Crippen LogP contribution is -2.26. The summed E-state index contributed by atoms with van der Waals surface area (Å²) in [5.74, 6) is 1.49. The maximum atomic E-state index is 11.2. The molecule has 0 radical (unpaired) electrons. The molecule has 0 heterocycles. The molecule has 0 amide bonds. The third-order valence-electron chi connectivity index (χ3n) is 9.27. The van der Waals surface area contributed by atoms with Crippen molar-refractivity contribution < 1.29 is 14.3 Å². The van der Waals surface area contributed by atoms with E-state index in [1.54, 1.807) is 0 Å². The Hall–Kier alpha value is -3.01. The minimum atomic E-state index is -0.247. The normalized spacial score (nSPS) is 10.6. The van der Waals surface area contributed by atoms with Gasteiger partial charge in [0.25, 0.3) is 6.47 Å². The van der Waals surface area contributed by atoms with E-state index in [4.69, 9.17) is 21.9 Å². The van der Waals surface area contributed by atoms with Crippen molar-refractivity contribution in [2.75, 3.05) is 52.1 Å². The predicted molar refractivity (Wildman–Crippen MR) is 244 cm³/mol. The first-order valence-electron chi connectivity index (χ1n) is 21.6. The first kappa shape index (κ1) is 53.0. The molecule has 0 aliphatic rings. The minimum Gasteiger partial charge on any atom is -0.468 e. The number of Topliss-reactive ketones (excluding diaryl/α,β-unsaturated/α-hetero) is 1. The molecule has 3 aromatic rings. The van der Waals surface area contributed by atoms with Gasteiger partial charge in [0.05, 0.1) is 11.4 Å². The smallest absolute Gasteiger partial charge is 0.293 e. The van der Waals surface area contributed by atoms with Gasteiger partial charge in [-0.3, -0.25) is 9.59 Å². The van der Waals surface area contributed by atoms with Gasteiger partial charge in [0.1, 0.15) is 5.78 Å². The largest absolute Gasteiger partial charge is 0.468 e. The molecule has 0 saturated heterocycles. The molecular formula is C48H80N4O3S. The molecule has 56 heavy (non-hydrogen) atoms. The molecule has 8 heteroatoms. The third kappa shape index (κ3) is 26.0. The Labute approximate surface area is 347 Å². The van der Waals surface area contributed by atoms with Gasteiger partial charge in [0.2, 0.25) is 0 Å². The molecule has 0 aromatic heterocycles. The standard InChI is InChI=1S/C25H26O2S.C11H22O.C10H24N2.C2H8N2/c26-21-27-19-11-4-12-20-28-25(22-13-5-1-6-14-22,23-15-7-2-8-16-23)24-17-9-3-10-18-24;1-3-5-7-8-10-11(12)9-6-4-2;1-3-4-5-6-7-9-12(2)10-8-11;3-1-2-4/h1-3,5-10,13-18,21H,4,11-12,19-20H2;3-10H2,1-2H3;3-11H2,1-2H3;1-4H2. The summed E-state index contributed by atoms with van der Waals surface area (Å²) in [5, 5.41) is 0. The summed E-state index contributed by atoms with van der Waals surface area (Å²) in [5.41, 5.74) is 19.1. The van der Waals surface area contributed by atoms with Crippen LogP contribution in [0.5, 0.6) is 0 Å². The summed E-state index contributed by atoms with van der Waals surface area (Å²) >= 11 is 1.98. The van der Waals surface area contributed by atoms with Crippen molar-refractivity contribution in [2.45, 2.75) is 128 Å². The average Bonchev–Trinajstić information content (AvgIpc) is 3.24. The monoisotopic (exact) mass is 793 g/mol. The van der Waals surface area contributed by atoms with Gasteiger partial charge in [-0.05, 0) is 74.6 Å². The molecule has 316 valence electrons. The fourth-order valence-corrected chi connectivity index (χ4v) is 7.63. The first-order chi connectivity index (χ1) is 27.4. The summed E-state index contributed by atoms with van der Waals surface area (Å²) in [4.78, 5) is 23.7. The summed E-state index contributed by atoms with van der Waals surface area (Å²) in [6.45, 7) is 11.8. The highest BCUT2D eigenvalue weighted by atomic mass is 32.2. The van der Waals surface area contributed by atoms with Crippen LogP contribution in [0.15, 0.2) is 91.0 Å². The summed E-state index contributed by atoms with van der Waals surface area (Å²) in [7, 11) is 2.15. The Morgan fingerprint density at radius 1 is 0.589 bits per heavy atom. The van der Waals surface area contributed by atoms with Crippen molar-refractivity contribution >= 4 is 24.0 Å². The first-order valence-corrected chi connectivity index (χ1v) is 22.6. The van der Waals surface area contributed by atoms with E-state index in [2.05, 4.69) is 124 Å². The number of nitrogens with zero attached hydrogens (tertiary/aromatic N) is 1. The van der Waals surface area contributed by atoms with Crippen LogP contribution in [0.25, 0.3) is 0 Å². The van der Waals surface area contributed by atoms with E-state index in [-0.39, 0.29) is 4.75 Å². The Bertz CT molecular complexity index is 1170. The minimum absolute atomic E-state index is 0.247. The quantitative estimate of drug-likeness (QED) is 0.0377. The van der Waals surface area contributed by atoms with Gasteiger partial charge in [-0.2, -0.15) is 0 Å². The fraction of sp³-hybridized carbons (Fsp3) is 0.583. The SMILES string of the molecule is CCCCCCC(=O)CCCC.CCCCCCCN(C)CCN.NCCN.O=COCCCCCSC(c1ccccc1)(c1ccccc1)c1ccccc1. The zero-order valence-corrected chi connectivity index (χ0v) is 36.6. The number of carbonyl (C=O) groups is 2. The van der Waals surface area contributed by atoms with Gasteiger partial charge in [0.15, 0.2) is 0 Å². The number of carbonyl (C=O) groups excluding carboxylic acids is 2. The summed E-state index contributed by atoms with van der Waals surface area (Å²) in [6, 6.07) is 32.3. The van der Waals surface area contributed by atoms with Crippen molar-refractivity contribution in [1.82, 2.24) is 4.90 Å².